The number of halogens is 1. The third kappa shape index (κ3) is 1.96. The molecule has 0 aliphatic heterocycles. The summed E-state index contributed by atoms with van der Waals surface area (Å²) < 4.78 is 1.18. The molecule has 0 aliphatic carbocycles. The van der Waals surface area contributed by atoms with E-state index < -0.39 is 0 Å². The van der Waals surface area contributed by atoms with Gasteiger partial charge in [0.2, 0.25) is 0 Å². The van der Waals surface area contributed by atoms with Gasteiger partial charge < -0.3 is 5.73 Å². The lowest BCUT2D eigenvalue weighted by Gasteiger charge is -1.99. The van der Waals surface area contributed by atoms with Crippen molar-refractivity contribution in [3.8, 4) is 10.6 Å². The van der Waals surface area contributed by atoms with Crippen LogP contribution in [0.2, 0.25) is 5.02 Å². The molecule has 0 saturated carbocycles. The summed E-state index contributed by atoms with van der Waals surface area (Å²) in [5.41, 5.74) is 9.68. The summed E-state index contributed by atoms with van der Waals surface area (Å²) in [6.45, 7) is 2.07. The fourth-order valence-corrected chi connectivity index (χ4v) is 3.22. The Balaban J connectivity index is 2.22. The number of para-hydroxylation sites is 1. The molecule has 0 radical (unpaired) electrons. The third-order valence-corrected chi connectivity index (χ3v) is 4.08. The number of thiazole rings is 1. The van der Waals surface area contributed by atoms with E-state index in [-0.39, 0.29) is 0 Å². The highest BCUT2D eigenvalue weighted by atomic mass is 35.5. The van der Waals surface area contributed by atoms with Gasteiger partial charge in [-0.25, -0.2) is 4.98 Å². The highest BCUT2D eigenvalue weighted by Crippen LogP contribution is 2.33. The largest absolute Gasteiger partial charge is 0.399 e. The van der Waals surface area contributed by atoms with Crippen molar-refractivity contribution in [3.05, 3.63) is 47.0 Å². The van der Waals surface area contributed by atoms with Crippen LogP contribution in [-0.2, 0) is 0 Å². The molecule has 4 heteroatoms. The standard InChI is InChI=1S/C14H11ClN2S/c1-8-3-2-4-12-13(8)17-14(18-12)9-5-10(15)7-11(16)6-9/h2-7H,16H2,1H3. The van der Waals surface area contributed by atoms with Crippen LogP contribution in [0, 0.1) is 6.92 Å². The Morgan fingerprint density at radius 3 is 2.78 bits per heavy atom. The second-order valence-corrected chi connectivity index (χ2v) is 5.68. The molecule has 18 heavy (non-hydrogen) atoms. The highest BCUT2D eigenvalue weighted by molar-refractivity contribution is 7.21. The van der Waals surface area contributed by atoms with Crippen LogP contribution in [0.3, 0.4) is 0 Å². The third-order valence-electron chi connectivity index (χ3n) is 2.79. The number of anilines is 1. The molecule has 3 aromatic rings. The Labute approximate surface area is 114 Å². The van der Waals surface area contributed by atoms with Gasteiger partial charge in [-0.2, -0.15) is 0 Å². The van der Waals surface area contributed by atoms with Gasteiger partial charge in [0.15, 0.2) is 0 Å². The Morgan fingerprint density at radius 1 is 1.22 bits per heavy atom. The van der Waals surface area contributed by atoms with Gasteiger partial charge >= 0.3 is 0 Å². The molecule has 0 bridgehead atoms. The number of benzene rings is 2. The summed E-state index contributed by atoms with van der Waals surface area (Å²) in [6.07, 6.45) is 0. The Bertz CT molecular complexity index is 713. The topological polar surface area (TPSA) is 38.9 Å². The lowest BCUT2D eigenvalue weighted by molar-refractivity contribution is 1.42. The second-order valence-electron chi connectivity index (χ2n) is 4.21. The monoisotopic (exact) mass is 274 g/mol. The number of nitrogen functional groups attached to an aromatic ring is 1. The van der Waals surface area contributed by atoms with E-state index in [0.717, 1.165) is 16.1 Å². The molecule has 3 rings (SSSR count). The van der Waals surface area contributed by atoms with E-state index in [0.29, 0.717) is 10.7 Å². The van der Waals surface area contributed by atoms with Crippen molar-refractivity contribution in [2.24, 2.45) is 0 Å². The number of aromatic nitrogens is 1. The number of aryl methyl sites for hydroxylation is 1. The lowest BCUT2D eigenvalue weighted by atomic mass is 10.2. The number of rotatable bonds is 1. The Morgan fingerprint density at radius 2 is 2.06 bits per heavy atom. The molecule has 2 aromatic carbocycles. The van der Waals surface area contributed by atoms with Gasteiger partial charge in [0.25, 0.3) is 0 Å². The van der Waals surface area contributed by atoms with Crippen molar-refractivity contribution >= 4 is 38.8 Å². The van der Waals surface area contributed by atoms with Crippen LogP contribution in [0.5, 0.6) is 0 Å². The van der Waals surface area contributed by atoms with Crippen LogP contribution in [0.25, 0.3) is 20.8 Å². The fourth-order valence-electron chi connectivity index (χ4n) is 1.95. The number of hydrogen-bond acceptors (Lipinski definition) is 3. The Hall–Kier alpha value is -1.58. The predicted octanol–water partition coefficient (Wildman–Crippen LogP) is 4.51. The first-order valence-corrected chi connectivity index (χ1v) is 6.75. The summed E-state index contributed by atoms with van der Waals surface area (Å²) in [7, 11) is 0. The first-order chi connectivity index (χ1) is 8.63. The molecule has 2 N–H and O–H groups in total. The summed E-state index contributed by atoms with van der Waals surface area (Å²) in [5.74, 6) is 0. The smallest absolute Gasteiger partial charge is 0.124 e. The molecule has 0 unspecified atom stereocenters. The first-order valence-electron chi connectivity index (χ1n) is 5.56. The quantitative estimate of drug-likeness (QED) is 0.663. The van der Waals surface area contributed by atoms with Gasteiger partial charge in [0.05, 0.1) is 10.2 Å². The van der Waals surface area contributed by atoms with Crippen LogP contribution in [0.4, 0.5) is 5.69 Å². The van der Waals surface area contributed by atoms with Crippen molar-refractivity contribution in [2.45, 2.75) is 6.92 Å². The maximum Gasteiger partial charge on any atom is 0.124 e. The van der Waals surface area contributed by atoms with Gasteiger partial charge in [-0.1, -0.05) is 23.7 Å². The number of fused-ring (bicyclic) bond motifs is 1. The molecular formula is C14H11ClN2S. The van der Waals surface area contributed by atoms with Crippen LogP contribution >= 0.6 is 22.9 Å². The van der Waals surface area contributed by atoms with E-state index >= 15 is 0 Å². The van der Waals surface area contributed by atoms with E-state index in [1.165, 1.54) is 10.3 Å². The van der Waals surface area contributed by atoms with Crippen molar-refractivity contribution in [3.63, 3.8) is 0 Å². The number of nitrogens with two attached hydrogens (primary N) is 1. The zero-order valence-corrected chi connectivity index (χ0v) is 11.3. The maximum absolute atomic E-state index is 6.03. The molecule has 0 aliphatic rings. The van der Waals surface area contributed by atoms with Crippen molar-refractivity contribution < 1.29 is 0 Å². The molecule has 0 atom stereocenters. The van der Waals surface area contributed by atoms with Crippen LogP contribution in [-0.4, -0.2) is 4.98 Å². The number of hydrogen-bond donors (Lipinski definition) is 1. The molecule has 1 aromatic heterocycles. The minimum Gasteiger partial charge on any atom is -0.399 e. The molecule has 0 saturated heterocycles. The fraction of sp³-hybridized carbons (Fsp3) is 0.0714. The Kier molecular flexibility index (Phi) is 2.73. The average molecular weight is 275 g/mol. The summed E-state index contributed by atoms with van der Waals surface area (Å²) >= 11 is 7.68. The molecule has 0 fully saturated rings. The normalized spacial score (nSPS) is 11.0. The van der Waals surface area contributed by atoms with Crippen LogP contribution in [0.1, 0.15) is 5.56 Å². The summed E-state index contributed by atoms with van der Waals surface area (Å²) in [5, 5.41) is 1.59. The number of nitrogens with zero attached hydrogens (tertiary/aromatic N) is 1. The van der Waals surface area contributed by atoms with E-state index in [9.17, 15) is 0 Å². The van der Waals surface area contributed by atoms with E-state index in [2.05, 4.69) is 24.0 Å². The van der Waals surface area contributed by atoms with Crippen molar-refractivity contribution in [1.29, 1.82) is 0 Å². The summed E-state index contributed by atoms with van der Waals surface area (Å²) in [6, 6.07) is 11.7. The first kappa shape index (κ1) is 11.5. The van der Waals surface area contributed by atoms with Crippen molar-refractivity contribution in [2.75, 3.05) is 5.73 Å². The minimum atomic E-state index is 0.640. The van der Waals surface area contributed by atoms with Crippen molar-refractivity contribution in [1.82, 2.24) is 4.98 Å². The van der Waals surface area contributed by atoms with Gasteiger partial charge in [-0.3, -0.25) is 0 Å². The zero-order chi connectivity index (χ0) is 12.7. The molecule has 0 spiro atoms. The minimum absolute atomic E-state index is 0.640. The summed E-state index contributed by atoms with van der Waals surface area (Å²) in [4.78, 5) is 4.67. The van der Waals surface area contributed by atoms with Gasteiger partial charge in [-0.15, -0.1) is 11.3 Å². The molecule has 2 nitrogen and oxygen atoms in total. The predicted molar refractivity (Wildman–Crippen MR) is 79.2 cm³/mol. The SMILES string of the molecule is Cc1cccc2sc(-c3cc(N)cc(Cl)c3)nc12. The molecule has 0 amide bonds. The van der Waals surface area contributed by atoms with Crippen LogP contribution < -0.4 is 5.73 Å². The van der Waals surface area contributed by atoms with E-state index in [1.54, 1.807) is 17.4 Å². The van der Waals surface area contributed by atoms with Crippen LogP contribution in [0.15, 0.2) is 36.4 Å². The average Bonchev–Trinajstić information content (AvgIpc) is 2.73. The molecular weight excluding hydrogens is 264 g/mol. The van der Waals surface area contributed by atoms with Gasteiger partial charge in [0.1, 0.15) is 5.01 Å². The second kappa shape index (κ2) is 4.26. The molecule has 1 heterocycles. The highest BCUT2D eigenvalue weighted by Gasteiger charge is 2.08. The van der Waals surface area contributed by atoms with Gasteiger partial charge in [0, 0.05) is 16.3 Å². The molecule has 90 valence electrons. The lowest BCUT2D eigenvalue weighted by Crippen LogP contribution is -1.85. The zero-order valence-electron chi connectivity index (χ0n) is 9.77. The van der Waals surface area contributed by atoms with Gasteiger partial charge in [-0.05, 0) is 36.8 Å². The maximum atomic E-state index is 6.03. The van der Waals surface area contributed by atoms with E-state index in [1.807, 2.05) is 18.2 Å². The van der Waals surface area contributed by atoms with E-state index in [4.69, 9.17) is 17.3 Å².